The van der Waals surface area contributed by atoms with Gasteiger partial charge in [0, 0.05) is 6.20 Å². The van der Waals surface area contributed by atoms with Crippen LogP contribution in [0, 0.1) is 0 Å². The van der Waals surface area contributed by atoms with Crippen molar-refractivity contribution in [2.45, 2.75) is 37.5 Å². The standard InChI is InChI=1S/C25H24N2O3/c1-29-20-9-7-18(8-10-20)16-27-23-15-26-12-11-22(23)25(24(27)28)13-21(14-25)30-17-19-5-3-2-4-6-19/h2-12,15,21H,13-14,16-17H2,1H3. The molecule has 5 heteroatoms. The first kappa shape index (κ1) is 18.8. The van der Waals surface area contributed by atoms with Crippen molar-refractivity contribution in [3.63, 3.8) is 0 Å². The number of fused-ring (bicyclic) bond motifs is 2. The number of hydrogen-bond donors (Lipinski definition) is 0. The number of nitrogens with zero attached hydrogens (tertiary/aromatic N) is 2. The molecule has 0 N–H and O–H groups in total. The highest BCUT2D eigenvalue weighted by molar-refractivity contribution is 6.08. The monoisotopic (exact) mass is 400 g/mol. The number of methoxy groups -OCH3 is 1. The molecule has 0 bridgehead atoms. The number of ether oxygens (including phenoxy) is 2. The summed E-state index contributed by atoms with van der Waals surface area (Å²) in [7, 11) is 1.65. The van der Waals surface area contributed by atoms with E-state index in [1.807, 2.05) is 59.6 Å². The van der Waals surface area contributed by atoms with E-state index in [0.717, 1.165) is 41.0 Å². The van der Waals surface area contributed by atoms with Crippen LogP contribution >= 0.6 is 0 Å². The van der Waals surface area contributed by atoms with E-state index in [0.29, 0.717) is 13.2 Å². The molecule has 0 radical (unpaired) electrons. The molecule has 0 saturated heterocycles. The molecule has 30 heavy (non-hydrogen) atoms. The van der Waals surface area contributed by atoms with Crippen LogP contribution in [0.5, 0.6) is 5.75 Å². The Morgan fingerprint density at radius 2 is 1.80 bits per heavy atom. The predicted molar refractivity (Wildman–Crippen MR) is 114 cm³/mol. The van der Waals surface area contributed by atoms with E-state index in [1.165, 1.54) is 0 Å². The second-order valence-corrected chi connectivity index (χ2v) is 8.04. The van der Waals surface area contributed by atoms with Crippen molar-refractivity contribution in [2.24, 2.45) is 0 Å². The Morgan fingerprint density at radius 1 is 1.03 bits per heavy atom. The van der Waals surface area contributed by atoms with Gasteiger partial charge in [-0.15, -0.1) is 0 Å². The molecule has 2 heterocycles. The highest BCUT2D eigenvalue weighted by Gasteiger charge is 2.58. The summed E-state index contributed by atoms with van der Waals surface area (Å²) in [6.07, 6.45) is 5.12. The third-order valence-electron chi connectivity index (χ3n) is 6.24. The van der Waals surface area contributed by atoms with E-state index in [1.54, 1.807) is 13.3 Å². The maximum Gasteiger partial charge on any atom is 0.238 e. The fourth-order valence-corrected chi connectivity index (χ4v) is 4.58. The molecule has 1 aromatic heterocycles. The topological polar surface area (TPSA) is 51.7 Å². The van der Waals surface area contributed by atoms with Crippen LogP contribution in [-0.2, 0) is 28.1 Å². The minimum Gasteiger partial charge on any atom is -0.497 e. The number of anilines is 1. The summed E-state index contributed by atoms with van der Waals surface area (Å²) in [5.41, 5.74) is 3.73. The lowest BCUT2D eigenvalue weighted by atomic mass is 9.63. The van der Waals surface area contributed by atoms with Gasteiger partial charge < -0.3 is 14.4 Å². The number of carbonyl (C=O) groups is 1. The minimum atomic E-state index is -0.480. The maximum absolute atomic E-state index is 13.5. The van der Waals surface area contributed by atoms with Crippen LogP contribution in [0.25, 0.3) is 0 Å². The number of amides is 1. The molecule has 1 aliphatic heterocycles. The molecule has 5 nitrogen and oxygen atoms in total. The van der Waals surface area contributed by atoms with Crippen molar-refractivity contribution in [3.05, 3.63) is 89.7 Å². The molecular weight excluding hydrogens is 376 g/mol. The average Bonchev–Trinajstić information content (AvgIpc) is 3.01. The zero-order valence-corrected chi connectivity index (χ0v) is 17.0. The van der Waals surface area contributed by atoms with Crippen molar-refractivity contribution < 1.29 is 14.3 Å². The van der Waals surface area contributed by atoms with Crippen LogP contribution in [0.2, 0.25) is 0 Å². The first-order chi connectivity index (χ1) is 14.7. The van der Waals surface area contributed by atoms with Gasteiger partial charge in [0.15, 0.2) is 0 Å². The van der Waals surface area contributed by atoms with E-state index in [9.17, 15) is 4.79 Å². The molecular formula is C25H24N2O3. The highest BCUT2D eigenvalue weighted by Crippen LogP contribution is 2.54. The molecule has 152 valence electrons. The summed E-state index contributed by atoms with van der Waals surface area (Å²) >= 11 is 0. The average molecular weight is 400 g/mol. The van der Waals surface area contributed by atoms with Crippen molar-refractivity contribution in [1.29, 1.82) is 0 Å². The van der Waals surface area contributed by atoms with Gasteiger partial charge >= 0.3 is 0 Å². The second kappa shape index (κ2) is 7.58. The SMILES string of the molecule is COc1ccc(CN2C(=O)C3(CC(OCc4ccccc4)C3)c3ccncc32)cc1. The molecule has 1 spiro atoms. The van der Waals surface area contributed by atoms with Gasteiger partial charge in [0.25, 0.3) is 0 Å². The molecule has 0 unspecified atom stereocenters. The molecule has 1 amide bonds. The number of benzene rings is 2. The Hall–Kier alpha value is -3.18. The lowest BCUT2D eigenvalue weighted by Gasteiger charge is -2.43. The summed E-state index contributed by atoms with van der Waals surface area (Å²) in [5, 5.41) is 0. The summed E-state index contributed by atoms with van der Waals surface area (Å²) in [4.78, 5) is 19.7. The van der Waals surface area contributed by atoms with Gasteiger partial charge in [-0.2, -0.15) is 0 Å². The highest BCUT2D eigenvalue weighted by atomic mass is 16.5. The summed E-state index contributed by atoms with van der Waals surface area (Å²) in [6.45, 7) is 1.10. The molecule has 0 atom stereocenters. The number of aromatic nitrogens is 1. The third-order valence-corrected chi connectivity index (χ3v) is 6.24. The van der Waals surface area contributed by atoms with E-state index in [2.05, 4.69) is 17.1 Å². The van der Waals surface area contributed by atoms with E-state index in [-0.39, 0.29) is 12.0 Å². The third kappa shape index (κ3) is 3.15. The Morgan fingerprint density at radius 3 is 2.53 bits per heavy atom. The quantitative estimate of drug-likeness (QED) is 0.621. The molecule has 2 aliphatic rings. The van der Waals surface area contributed by atoms with Crippen molar-refractivity contribution in [3.8, 4) is 5.75 Å². The van der Waals surface area contributed by atoms with Crippen molar-refractivity contribution in [2.75, 3.05) is 12.0 Å². The van der Waals surface area contributed by atoms with E-state index in [4.69, 9.17) is 9.47 Å². The second-order valence-electron chi connectivity index (χ2n) is 8.04. The Balaban J connectivity index is 1.32. The van der Waals surface area contributed by atoms with Crippen LogP contribution in [0.1, 0.15) is 29.5 Å². The number of pyridine rings is 1. The van der Waals surface area contributed by atoms with Crippen LogP contribution in [0.4, 0.5) is 5.69 Å². The van der Waals surface area contributed by atoms with Crippen LogP contribution in [-0.4, -0.2) is 24.1 Å². The number of rotatable bonds is 6. The van der Waals surface area contributed by atoms with Crippen LogP contribution < -0.4 is 9.64 Å². The molecule has 5 rings (SSSR count). The van der Waals surface area contributed by atoms with Gasteiger partial charge in [0.2, 0.25) is 5.91 Å². The van der Waals surface area contributed by atoms with Gasteiger partial charge in [0.1, 0.15) is 5.75 Å². The first-order valence-electron chi connectivity index (χ1n) is 10.2. The fourth-order valence-electron chi connectivity index (χ4n) is 4.58. The molecule has 1 aliphatic carbocycles. The number of carbonyl (C=O) groups excluding carboxylic acids is 1. The summed E-state index contributed by atoms with van der Waals surface area (Å²) < 4.78 is 11.3. The van der Waals surface area contributed by atoms with E-state index < -0.39 is 5.41 Å². The summed E-state index contributed by atoms with van der Waals surface area (Å²) in [6, 6.07) is 20.0. The Labute approximate surface area is 176 Å². The Bertz CT molecular complexity index is 1040. The minimum absolute atomic E-state index is 0.0936. The van der Waals surface area contributed by atoms with Gasteiger partial charge in [-0.25, -0.2) is 0 Å². The number of hydrogen-bond acceptors (Lipinski definition) is 4. The summed E-state index contributed by atoms with van der Waals surface area (Å²) in [5.74, 6) is 0.961. The fraction of sp³-hybridized carbons (Fsp3) is 0.280. The van der Waals surface area contributed by atoms with Crippen LogP contribution in [0.3, 0.4) is 0 Å². The normalized spacial score (nSPS) is 22.1. The van der Waals surface area contributed by atoms with Crippen LogP contribution in [0.15, 0.2) is 73.1 Å². The lowest BCUT2D eigenvalue weighted by molar-refractivity contribution is -0.135. The van der Waals surface area contributed by atoms with E-state index >= 15 is 0 Å². The Kier molecular flexibility index (Phi) is 4.75. The van der Waals surface area contributed by atoms with Gasteiger partial charge in [-0.05, 0) is 47.7 Å². The maximum atomic E-state index is 13.5. The van der Waals surface area contributed by atoms with Crippen molar-refractivity contribution in [1.82, 2.24) is 4.98 Å². The first-order valence-corrected chi connectivity index (χ1v) is 10.2. The van der Waals surface area contributed by atoms with Crippen molar-refractivity contribution >= 4 is 11.6 Å². The predicted octanol–water partition coefficient (Wildman–Crippen LogP) is 4.25. The molecule has 2 aromatic carbocycles. The lowest BCUT2D eigenvalue weighted by Crippen LogP contribution is -2.52. The van der Waals surface area contributed by atoms with Gasteiger partial charge in [-0.1, -0.05) is 42.5 Å². The van der Waals surface area contributed by atoms with Gasteiger partial charge in [0.05, 0.1) is 43.7 Å². The zero-order valence-electron chi connectivity index (χ0n) is 17.0. The largest absolute Gasteiger partial charge is 0.497 e. The smallest absolute Gasteiger partial charge is 0.238 e. The van der Waals surface area contributed by atoms with Gasteiger partial charge in [-0.3, -0.25) is 9.78 Å². The molecule has 1 saturated carbocycles. The molecule has 3 aromatic rings. The molecule has 1 fully saturated rings. The zero-order chi connectivity index (χ0) is 20.6.